The molecule has 2 aromatic rings. The van der Waals surface area contributed by atoms with E-state index in [0.717, 1.165) is 5.69 Å². The molecule has 0 aliphatic heterocycles. The minimum absolute atomic E-state index is 0.0268. The van der Waals surface area contributed by atoms with Crippen molar-refractivity contribution >= 4 is 5.69 Å². The number of hydrogen-bond acceptors (Lipinski definition) is 5. The third kappa shape index (κ3) is 2.64. The van der Waals surface area contributed by atoms with Crippen LogP contribution in [0.15, 0.2) is 16.8 Å². The van der Waals surface area contributed by atoms with Crippen molar-refractivity contribution in [2.45, 2.75) is 39.8 Å². The van der Waals surface area contributed by atoms with Gasteiger partial charge in [0.05, 0.1) is 11.9 Å². The van der Waals surface area contributed by atoms with Gasteiger partial charge in [-0.2, -0.15) is 5.10 Å². The number of hydrogen-bond donors (Lipinski definition) is 1. The zero-order valence-electron chi connectivity index (χ0n) is 10.5. The van der Waals surface area contributed by atoms with Crippen molar-refractivity contribution in [3.8, 4) is 0 Å². The number of nitrogens with one attached hydrogen (secondary N) is 1. The fourth-order valence-corrected chi connectivity index (χ4v) is 1.49. The fraction of sp³-hybridized carbons (Fsp3) is 0.545. The summed E-state index contributed by atoms with van der Waals surface area (Å²) in [5, 5.41) is 15.3. The lowest BCUT2D eigenvalue weighted by Crippen LogP contribution is -2.06. The monoisotopic (exact) mass is 235 g/mol. The van der Waals surface area contributed by atoms with E-state index in [2.05, 4.69) is 34.5 Å². The SMILES string of the molecule is Cc1nnc(C(C)Nc2cnn(C(C)C)c2)o1. The van der Waals surface area contributed by atoms with Crippen molar-refractivity contribution < 1.29 is 4.42 Å². The first-order chi connectivity index (χ1) is 8.06. The Morgan fingerprint density at radius 2 is 2.06 bits per heavy atom. The van der Waals surface area contributed by atoms with Gasteiger partial charge in [-0.3, -0.25) is 4.68 Å². The van der Waals surface area contributed by atoms with Crippen molar-refractivity contribution in [3.05, 3.63) is 24.2 Å². The van der Waals surface area contributed by atoms with Gasteiger partial charge in [-0.05, 0) is 20.8 Å². The average molecular weight is 235 g/mol. The first-order valence-corrected chi connectivity index (χ1v) is 5.67. The summed E-state index contributed by atoms with van der Waals surface area (Å²) in [4.78, 5) is 0. The Kier molecular flexibility index (Phi) is 3.12. The smallest absolute Gasteiger partial charge is 0.238 e. The molecule has 0 amide bonds. The minimum Gasteiger partial charge on any atom is -0.423 e. The van der Waals surface area contributed by atoms with Crippen LogP contribution in [0.1, 0.15) is 44.6 Å². The average Bonchev–Trinajstić information content (AvgIpc) is 2.86. The molecule has 6 nitrogen and oxygen atoms in total. The molecule has 0 bridgehead atoms. The van der Waals surface area contributed by atoms with Crippen molar-refractivity contribution in [3.63, 3.8) is 0 Å². The highest BCUT2D eigenvalue weighted by Crippen LogP contribution is 2.18. The first kappa shape index (κ1) is 11.6. The molecular weight excluding hydrogens is 218 g/mol. The molecule has 0 aliphatic carbocycles. The molecule has 0 saturated heterocycles. The molecular formula is C11H17N5O. The Bertz CT molecular complexity index is 488. The minimum atomic E-state index is -0.0268. The summed E-state index contributed by atoms with van der Waals surface area (Å²) in [5.41, 5.74) is 0.946. The highest BCUT2D eigenvalue weighted by atomic mass is 16.4. The van der Waals surface area contributed by atoms with E-state index >= 15 is 0 Å². The molecule has 0 radical (unpaired) electrons. The molecule has 17 heavy (non-hydrogen) atoms. The molecule has 1 unspecified atom stereocenters. The normalized spacial score (nSPS) is 13.0. The van der Waals surface area contributed by atoms with Crippen molar-refractivity contribution in [1.29, 1.82) is 0 Å². The standard InChI is InChI=1S/C11H17N5O/c1-7(2)16-6-10(5-12-16)13-8(3)11-15-14-9(4)17-11/h5-8,13H,1-4H3. The van der Waals surface area contributed by atoms with Crippen LogP contribution in [0.2, 0.25) is 0 Å². The van der Waals surface area contributed by atoms with Crippen LogP contribution in [-0.4, -0.2) is 20.0 Å². The second-order valence-corrected chi connectivity index (χ2v) is 4.33. The Labute approximate surface area is 100 Å². The lowest BCUT2D eigenvalue weighted by Gasteiger charge is -2.08. The van der Waals surface area contributed by atoms with Gasteiger partial charge in [0, 0.05) is 19.2 Å². The second kappa shape index (κ2) is 4.57. The van der Waals surface area contributed by atoms with E-state index in [1.54, 1.807) is 13.1 Å². The molecule has 1 N–H and O–H groups in total. The summed E-state index contributed by atoms with van der Waals surface area (Å²) in [6.07, 6.45) is 3.75. The van der Waals surface area contributed by atoms with Crippen LogP contribution in [0, 0.1) is 6.92 Å². The lowest BCUT2D eigenvalue weighted by molar-refractivity contribution is 0.451. The third-order valence-electron chi connectivity index (χ3n) is 2.43. The Morgan fingerprint density at radius 1 is 1.29 bits per heavy atom. The summed E-state index contributed by atoms with van der Waals surface area (Å²) in [6, 6.07) is 0.326. The molecule has 1 atom stereocenters. The Morgan fingerprint density at radius 3 is 2.59 bits per heavy atom. The van der Waals surface area contributed by atoms with Gasteiger partial charge in [-0.1, -0.05) is 0 Å². The fourth-order valence-electron chi connectivity index (χ4n) is 1.49. The van der Waals surface area contributed by atoms with Crippen LogP contribution < -0.4 is 5.32 Å². The maximum atomic E-state index is 5.36. The third-order valence-corrected chi connectivity index (χ3v) is 2.43. The van der Waals surface area contributed by atoms with Gasteiger partial charge in [0.2, 0.25) is 11.8 Å². The molecule has 0 aromatic carbocycles. The van der Waals surface area contributed by atoms with Gasteiger partial charge in [-0.25, -0.2) is 0 Å². The zero-order valence-corrected chi connectivity index (χ0v) is 10.5. The summed E-state index contributed by atoms with van der Waals surface area (Å²) >= 11 is 0. The van der Waals surface area contributed by atoms with Crippen LogP contribution in [0.5, 0.6) is 0 Å². The first-order valence-electron chi connectivity index (χ1n) is 5.67. The summed E-state index contributed by atoms with van der Waals surface area (Å²) in [5.74, 6) is 1.16. The summed E-state index contributed by atoms with van der Waals surface area (Å²) in [7, 11) is 0. The van der Waals surface area contributed by atoms with Crippen LogP contribution in [-0.2, 0) is 0 Å². The Hall–Kier alpha value is -1.85. The molecule has 2 aromatic heterocycles. The van der Waals surface area contributed by atoms with Crippen LogP contribution in [0.4, 0.5) is 5.69 Å². The number of aryl methyl sites for hydroxylation is 1. The van der Waals surface area contributed by atoms with Crippen molar-refractivity contribution in [2.75, 3.05) is 5.32 Å². The van der Waals surface area contributed by atoms with Gasteiger partial charge < -0.3 is 9.73 Å². The molecule has 92 valence electrons. The van der Waals surface area contributed by atoms with Gasteiger partial charge in [-0.15, -0.1) is 10.2 Å². The molecule has 0 fully saturated rings. The molecule has 0 spiro atoms. The molecule has 6 heteroatoms. The summed E-state index contributed by atoms with van der Waals surface area (Å²) < 4.78 is 7.26. The molecule has 2 rings (SSSR count). The second-order valence-electron chi connectivity index (χ2n) is 4.33. The highest BCUT2D eigenvalue weighted by Gasteiger charge is 2.13. The molecule has 0 aliphatic rings. The molecule has 2 heterocycles. The largest absolute Gasteiger partial charge is 0.423 e. The lowest BCUT2D eigenvalue weighted by atomic mass is 10.3. The maximum Gasteiger partial charge on any atom is 0.238 e. The van der Waals surface area contributed by atoms with Gasteiger partial charge in [0.25, 0.3) is 0 Å². The molecule has 0 saturated carbocycles. The van der Waals surface area contributed by atoms with E-state index < -0.39 is 0 Å². The number of nitrogens with zero attached hydrogens (tertiary/aromatic N) is 4. The maximum absolute atomic E-state index is 5.36. The van der Waals surface area contributed by atoms with E-state index in [9.17, 15) is 0 Å². The zero-order chi connectivity index (χ0) is 12.4. The van der Waals surface area contributed by atoms with Crippen LogP contribution in [0.3, 0.4) is 0 Å². The van der Waals surface area contributed by atoms with E-state index in [0.29, 0.717) is 17.8 Å². The number of anilines is 1. The van der Waals surface area contributed by atoms with E-state index in [-0.39, 0.29) is 6.04 Å². The van der Waals surface area contributed by atoms with Gasteiger partial charge >= 0.3 is 0 Å². The Balaban J connectivity index is 2.05. The van der Waals surface area contributed by atoms with Crippen LogP contribution in [0.25, 0.3) is 0 Å². The number of aromatic nitrogens is 4. The topological polar surface area (TPSA) is 68.8 Å². The van der Waals surface area contributed by atoms with Crippen molar-refractivity contribution in [2.24, 2.45) is 0 Å². The van der Waals surface area contributed by atoms with Crippen molar-refractivity contribution in [1.82, 2.24) is 20.0 Å². The van der Waals surface area contributed by atoms with E-state index in [4.69, 9.17) is 4.42 Å². The van der Waals surface area contributed by atoms with Crippen LogP contribution >= 0.6 is 0 Å². The summed E-state index contributed by atoms with van der Waals surface area (Å²) in [6.45, 7) is 7.92. The predicted octanol–water partition coefficient (Wildman–Crippen LogP) is 2.33. The van der Waals surface area contributed by atoms with Gasteiger partial charge in [0.1, 0.15) is 6.04 Å². The van der Waals surface area contributed by atoms with E-state index in [1.807, 2.05) is 17.8 Å². The predicted molar refractivity (Wildman–Crippen MR) is 63.7 cm³/mol. The number of rotatable bonds is 4. The highest BCUT2D eigenvalue weighted by molar-refractivity contribution is 5.39. The van der Waals surface area contributed by atoms with E-state index in [1.165, 1.54) is 0 Å². The van der Waals surface area contributed by atoms with Gasteiger partial charge in [0.15, 0.2) is 0 Å². The quantitative estimate of drug-likeness (QED) is 0.880.